The van der Waals surface area contributed by atoms with Crippen molar-refractivity contribution in [2.75, 3.05) is 0 Å². The predicted octanol–water partition coefficient (Wildman–Crippen LogP) is 0.965. The van der Waals surface area contributed by atoms with Crippen LogP contribution in [0, 0.1) is 6.92 Å². The van der Waals surface area contributed by atoms with E-state index in [-0.39, 0.29) is 6.42 Å². The van der Waals surface area contributed by atoms with E-state index in [0.29, 0.717) is 12.1 Å². The number of carbonyl (C=O) groups is 2. The lowest BCUT2D eigenvalue weighted by Crippen LogP contribution is -2.51. The van der Waals surface area contributed by atoms with Crippen molar-refractivity contribution in [1.82, 2.24) is 5.32 Å². The molecule has 2 aromatic rings. The van der Waals surface area contributed by atoms with Gasteiger partial charge in [0.1, 0.15) is 0 Å². The zero-order valence-electron chi connectivity index (χ0n) is 14.3. The molecule has 6 nitrogen and oxygen atoms in total. The average molecular weight is 351 g/mol. The standard InChI is InChI=1S/C20H20N2O4/c1-13-7-9-15(10-8-13)16-12-18(26-22-16)19(23)21-17(20(24)25)11-14-5-3-2-4-6-14/h2-10,17-18H,11-12H2,1H3,(H,21,23)(H,24,25)/p-1/t17-,18+/m0/s1. The van der Waals surface area contributed by atoms with E-state index in [0.717, 1.165) is 16.7 Å². The molecule has 3 rings (SSSR count). The zero-order valence-corrected chi connectivity index (χ0v) is 14.3. The summed E-state index contributed by atoms with van der Waals surface area (Å²) >= 11 is 0. The smallest absolute Gasteiger partial charge is 0.264 e. The van der Waals surface area contributed by atoms with Gasteiger partial charge in [0.2, 0.25) is 6.10 Å². The van der Waals surface area contributed by atoms with Crippen LogP contribution in [-0.2, 0) is 20.8 Å². The van der Waals surface area contributed by atoms with Crippen LogP contribution in [0.1, 0.15) is 23.1 Å². The number of benzene rings is 2. The normalized spacial score (nSPS) is 17.1. The van der Waals surface area contributed by atoms with E-state index in [4.69, 9.17) is 4.84 Å². The number of carboxylic acid groups (broad SMARTS) is 1. The summed E-state index contributed by atoms with van der Waals surface area (Å²) in [5.41, 5.74) is 3.47. The van der Waals surface area contributed by atoms with E-state index in [1.165, 1.54) is 0 Å². The highest BCUT2D eigenvalue weighted by atomic mass is 16.6. The van der Waals surface area contributed by atoms with Crippen molar-refractivity contribution in [3.63, 3.8) is 0 Å². The van der Waals surface area contributed by atoms with Crippen molar-refractivity contribution in [2.45, 2.75) is 31.9 Å². The van der Waals surface area contributed by atoms with Gasteiger partial charge in [-0.25, -0.2) is 0 Å². The van der Waals surface area contributed by atoms with Crippen LogP contribution in [-0.4, -0.2) is 29.7 Å². The number of nitrogens with zero attached hydrogens (tertiary/aromatic N) is 1. The zero-order chi connectivity index (χ0) is 18.5. The summed E-state index contributed by atoms with van der Waals surface area (Å²) < 4.78 is 0. The molecule has 6 heteroatoms. The lowest BCUT2D eigenvalue weighted by Gasteiger charge is -2.21. The first-order valence-electron chi connectivity index (χ1n) is 8.38. The maximum Gasteiger partial charge on any atom is 0.264 e. The highest BCUT2D eigenvalue weighted by Crippen LogP contribution is 2.17. The number of oxime groups is 1. The molecule has 0 fully saturated rings. The minimum atomic E-state index is -1.33. The monoisotopic (exact) mass is 351 g/mol. The lowest BCUT2D eigenvalue weighted by atomic mass is 10.0. The molecular weight excluding hydrogens is 332 g/mol. The molecule has 26 heavy (non-hydrogen) atoms. The van der Waals surface area contributed by atoms with E-state index in [1.54, 1.807) is 12.1 Å². The summed E-state index contributed by atoms with van der Waals surface area (Å²) in [5.74, 6) is -1.85. The van der Waals surface area contributed by atoms with Crippen molar-refractivity contribution in [1.29, 1.82) is 0 Å². The molecule has 0 aliphatic carbocycles. The Morgan fingerprint density at radius 2 is 1.88 bits per heavy atom. The summed E-state index contributed by atoms with van der Waals surface area (Å²) in [7, 11) is 0. The highest BCUT2D eigenvalue weighted by Gasteiger charge is 2.30. The summed E-state index contributed by atoms with van der Waals surface area (Å²) in [6.45, 7) is 1.99. The fraction of sp³-hybridized carbons (Fsp3) is 0.250. The molecular formula is C20H19N2O4-. The van der Waals surface area contributed by atoms with E-state index in [2.05, 4.69) is 10.5 Å². The first-order chi connectivity index (χ1) is 12.5. The Balaban J connectivity index is 1.60. The van der Waals surface area contributed by atoms with Gasteiger partial charge in [0, 0.05) is 6.42 Å². The van der Waals surface area contributed by atoms with Gasteiger partial charge in [0.05, 0.1) is 17.7 Å². The molecule has 0 aromatic heterocycles. The van der Waals surface area contributed by atoms with Crippen LogP contribution in [0.3, 0.4) is 0 Å². The third-order valence-corrected chi connectivity index (χ3v) is 4.23. The quantitative estimate of drug-likeness (QED) is 0.839. The number of aryl methyl sites for hydroxylation is 1. The maximum absolute atomic E-state index is 12.4. The van der Waals surface area contributed by atoms with Gasteiger partial charge in [-0.15, -0.1) is 0 Å². The molecule has 0 unspecified atom stereocenters. The van der Waals surface area contributed by atoms with Gasteiger partial charge < -0.3 is 20.1 Å². The van der Waals surface area contributed by atoms with Crippen LogP contribution in [0.15, 0.2) is 59.8 Å². The number of rotatable bonds is 6. The topological polar surface area (TPSA) is 90.8 Å². The highest BCUT2D eigenvalue weighted by molar-refractivity contribution is 6.04. The summed E-state index contributed by atoms with van der Waals surface area (Å²) in [6.07, 6.45) is -0.406. The van der Waals surface area contributed by atoms with Gasteiger partial charge in [-0.1, -0.05) is 65.3 Å². The fourth-order valence-corrected chi connectivity index (χ4v) is 2.74. The number of carbonyl (C=O) groups excluding carboxylic acids is 2. The molecule has 1 heterocycles. The second kappa shape index (κ2) is 7.82. The van der Waals surface area contributed by atoms with Crippen LogP contribution in [0.5, 0.6) is 0 Å². The number of carboxylic acids is 1. The third kappa shape index (κ3) is 4.27. The molecule has 1 aliphatic heterocycles. The van der Waals surface area contributed by atoms with Crippen molar-refractivity contribution >= 4 is 17.6 Å². The van der Waals surface area contributed by atoms with Crippen LogP contribution < -0.4 is 10.4 Å². The average Bonchev–Trinajstić information content (AvgIpc) is 3.13. The predicted molar refractivity (Wildman–Crippen MR) is 94.3 cm³/mol. The Bertz CT molecular complexity index is 815. The van der Waals surface area contributed by atoms with Gasteiger partial charge in [-0.2, -0.15) is 0 Å². The summed E-state index contributed by atoms with van der Waals surface area (Å²) in [4.78, 5) is 29.0. The molecule has 134 valence electrons. The lowest BCUT2D eigenvalue weighted by molar-refractivity contribution is -0.308. The van der Waals surface area contributed by atoms with Gasteiger partial charge in [0.25, 0.3) is 5.91 Å². The van der Waals surface area contributed by atoms with Crippen molar-refractivity contribution in [2.24, 2.45) is 5.16 Å². The second-order valence-corrected chi connectivity index (χ2v) is 6.27. The molecule has 0 saturated heterocycles. The largest absolute Gasteiger partial charge is 0.548 e. The molecule has 0 radical (unpaired) electrons. The van der Waals surface area contributed by atoms with E-state index < -0.39 is 24.0 Å². The maximum atomic E-state index is 12.4. The van der Waals surface area contributed by atoms with Gasteiger partial charge in [-0.3, -0.25) is 4.79 Å². The molecule has 0 saturated carbocycles. The molecule has 1 aliphatic rings. The Kier molecular flexibility index (Phi) is 5.31. The Morgan fingerprint density at radius 3 is 2.54 bits per heavy atom. The van der Waals surface area contributed by atoms with Crippen molar-refractivity contribution in [3.05, 3.63) is 71.3 Å². The van der Waals surface area contributed by atoms with E-state index >= 15 is 0 Å². The van der Waals surface area contributed by atoms with Crippen LogP contribution in [0.4, 0.5) is 0 Å². The molecule has 0 bridgehead atoms. The molecule has 2 aromatic carbocycles. The molecule has 0 spiro atoms. The van der Waals surface area contributed by atoms with Crippen molar-refractivity contribution in [3.8, 4) is 0 Å². The van der Waals surface area contributed by atoms with E-state index in [1.807, 2.05) is 49.4 Å². The minimum Gasteiger partial charge on any atom is -0.548 e. The second-order valence-electron chi connectivity index (χ2n) is 6.27. The summed E-state index contributed by atoms with van der Waals surface area (Å²) in [5, 5.41) is 17.8. The van der Waals surface area contributed by atoms with Crippen molar-refractivity contribution < 1.29 is 19.5 Å². The van der Waals surface area contributed by atoms with Gasteiger partial charge in [-0.05, 0) is 24.5 Å². The molecule has 1 N–H and O–H groups in total. The Hall–Kier alpha value is -3.15. The third-order valence-electron chi connectivity index (χ3n) is 4.23. The van der Waals surface area contributed by atoms with Gasteiger partial charge >= 0.3 is 0 Å². The van der Waals surface area contributed by atoms with Crippen LogP contribution in [0.2, 0.25) is 0 Å². The van der Waals surface area contributed by atoms with Crippen LogP contribution >= 0.6 is 0 Å². The number of hydrogen-bond donors (Lipinski definition) is 1. The minimum absolute atomic E-state index is 0.146. The molecule has 1 amide bonds. The van der Waals surface area contributed by atoms with E-state index in [9.17, 15) is 14.7 Å². The summed E-state index contributed by atoms with van der Waals surface area (Å²) in [6, 6.07) is 15.7. The first kappa shape index (κ1) is 17.7. The Morgan fingerprint density at radius 1 is 1.19 bits per heavy atom. The number of amides is 1. The Labute approximate surface area is 151 Å². The van der Waals surface area contributed by atoms with Crippen LogP contribution in [0.25, 0.3) is 0 Å². The number of hydrogen-bond acceptors (Lipinski definition) is 5. The first-order valence-corrected chi connectivity index (χ1v) is 8.38. The number of nitrogens with one attached hydrogen (secondary N) is 1. The SMILES string of the molecule is Cc1ccc(C2=NO[C@@H](C(=O)N[C@@H](Cc3ccccc3)C(=O)[O-])C2)cc1. The number of aliphatic carboxylic acids is 1. The fourth-order valence-electron chi connectivity index (χ4n) is 2.74. The van der Waals surface area contributed by atoms with Gasteiger partial charge in [0.15, 0.2) is 0 Å². The molecule has 2 atom stereocenters.